The molecule has 106 valence electrons. The van der Waals surface area contributed by atoms with Gasteiger partial charge in [-0.3, -0.25) is 0 Å². The van der Waals surface area contributed by atoms with Gasteiger partial charge in [0.05, 0.1) is 0 Å². The van der Waals surface area contributed by atoms with Gasteiger partial charge in [0.2, 0.25) is 0 Å². The minimum atomic E-state index is -0.0878. The number of hydrogen-bond donors (Lipinski definition) is 1. The standard InChI is InChI=1S/C18H22ClN/c1-13-9-10-14(16(19)11-13)12-17(20)18(2,3)15-7-5-4-6-8-15/h4-11,17H,12,20H2,1-3H3. The van der Waals surface area contributed by atoms with Crippen LogP contribution in [0.1, 0.15) is 30.5 Å². The summed E-state index contributed by atoms with van der Waals surface area (Å²) in [7, 11) is 0. The van der Waals surface area contributed by atoms with Crippen LogP contribution in [0, 0.1) is 6.92 Å². The van der Waals surface area contributed by atoms with Crippen molar-refractivity contribution >= 4 is 11.6 Å². The highest BCUT2D eigenvalue weighted by atomic mass is 35.5. The van der Waals surface area contributed by atoms with Crippen LogP contribution in [0.25, 0.3) is 0 Å². The Kier molecular flexibility index (Phi) is 4.52. The molecule has 0 heterocycles. The van der Waals surface area contributed by atoms with Crippen molar-refractivity contribution in [1.29, 1.82) is 0 Å². The van der Waals surface area contributed by atoms with Crippen LogP contribution in [-0.4, -0.2) is 6.04 Å². The third kappa shape index (κ3) is 3.23. The molecule has 1 unspecified atom stereocenters. The lowest BCUT2D eigenvalue weighted by Gasteiger charge is -2.32. The molecule has 0 saturated heterocycles. The van der Waals surface area contributed by atoms with Gasteiger partial charge in [0.25, 0.3) is 0 Å². The molecule has 0 aliphatic rings. The number of benzene rings is 2. The fraction of sp³-hybridized carbons (Fsp3) is 0.333. The number of halogens is 1. The molecule has 0 amide bonds. The van der Waals surface area contributed by atoms with Crippen molar-refractivity contribution < 1.29 is 0 Å². The molecule has 0 radical (unpaired) electrons. The molecule has 0 aliphatic heterocycles. The molecule has 2 N–H and O–H groups in total. The van der Waals surface area contributed by atoms with Crippen molar-refractivity contribution in [3.05, 3.63) is 70.2 Å². The van der Waals surface area contributed by atoms with E-state index in [4.69, 9.17) is 17.3 Å². The van der Waals surface area contributed by atoms with E-state index in [0.717, 1.165) is 17.0 Å². The van der Waals surface area contributed by atoms with Gasteiger partial charge in [-0.1, -0.05) is 67.9 Å². The molecule has 0 fully saturated rings. The third-order valence-electron chi connectivity index (χ3n) is 4.09. The van der Waals surface area contributed by atoms with E-state index in [2.05, 4.69) is 50.2 Å². The molecular formula is C18H22ClN. The highest BCUT2D eigenvalue weighted by Gasteiger charge is 2.28. The average Bonchev–Trinajstić information content (AvgIpc) is 2.42. The molecule has 20 heavy (non-hydrogen) atoms. The van der Waals surface area contributed by atoms with E-state index in [1.807, 2.05) is 19.1 Å². The van der Waals surface area contributed by atoms with Crippen LogP contribution in [0.3, 0.4) is 0 Å². The summed E-state index contributed by atoms with van der Waals surface area (Å²) in [6.07, 6.45) is 0.779. The van der Waals surface area contributed by atoms with Gasteiger partial charge in [0.15, 0.2) is 0 Å². The van der Waals surface area contributed by atoms with Gasteiger partial charge in [-0.25, -0.2) is 0 Å². The average molecular weight is 288 g/mol. The summed E-state index contributed by atoms with van der Waals surface area (Å²) in [4.78, 5) is 0. The topological polar surface area (TPSA) is 26.0 Å². The number of rotatable bonds is 4. The van der Waals surface area contributed by atoms with Crippen LogP contribution in [0.15, 0.2) is 48.5 Å². The van der Waals surface area contributed by atoms with Crippen molar-refractivity contribution in [3.63, 3.8) is 0 Å². The fourth-order valence-corrected chi connectivity index (χ4v) is 2.70. The van der Waals surface area contributed by atoms with Crippen molar-refractivity contribution in [2.75, 3.05) is 0 Å². The molecule has 2 rings (SSSR count). The zero-order valence-corrected chi connectivity index (χ0v) is 13.1. The first-order valence-corrected chi connectivity index (χ1v) is 7.35. The molecule has 0 aliphatic carbocycles. The first-order valence-electron chi connectivity index (χ1n) is 6.97. The summed E-state index contributed by atoms with van der Waals surface area (Å²) < 4.78 is 0. The van der Waals surface area contributed by atoms with Crippen LogP contribution in [0.2, 0.25) is 5.02 Å². The lowest BCUT2D eigenvalue weighted by molar-refractivity contribution is 0.406. The second-order valence-electron chi connectivity index (χ2n) is 5.99. The van der Waals surface area contributed by atoms with Crippen LogP contribution in [-0.2, 0) is 11.8 Å². The number of nitrogens with two attached hydrogens (primary N) is 1. The Hall–Kier alpha value is -1.31. The largest absolute Gasteiger partial charge is 0.327 e. The summed E-state index contributed by atoms with van der Waals surface area (Å²) in [6.45, 7) is 6.42. The Balaban J connectivity index is 2.21. The zero-order chi connectivity index (χ0) is 14.8. The van der Waals surface area contributed by atoms with E-state index in [1.54, 1.807) is 0 Å². The van der Waals surface area contributed by atoms with Gasteiger partial charge >= 0.3 is 0 Å². The van der Waals surface area contributed by atoms with Crippen molar-refractivity contribution in [1.82, 2.24) is 0 Å². The molecule has 0 saturated carbocycles. The minimum absolute atomic E-state index is 0.0186. The van der Waals surface area contributed by atoms with Crippen LogP contribution >= 0.6 is 11.6 Å². The first kappa shape index (κ1) is 15.1. The van der Waals surface area contributed by atoms with E-state index >= 15 is 0 Å². The van der Waals surface area contributed by atoms with Gasteiger partial charge in [-0.15, -0.1) is 0 Å². The molecule has 2 heteroatoms. The molecule has 0 bridgehead atoms. The second kappa shape index (κ2) is 5.99. The lowest BCUT2D eigenvalue weighted by atomic mass is 9.76. The highest BCUT2D eigenvalue weighted by molar-refractivity contribution is 6.31. The SMILES string of the molecule is Cc1ccc(CC(N)C(C)(C)c2ccccc2)c(Cl)c1. The highest BCUT2D eigenvalue weighted by Crippen LogP contribution is 2.29. The minimum Gasteiger partial charge on any atom is -0.327 e. The molecule has 2 aromatic rings. The third-order valence-corrected chi connectivity index (χ3v) is 4.45. The molecule has 1 atom stereocenters. The fourth-order valence-electron chi connectivity index (χ4n) is 2.39. The summed E-state index contributed by atoms with van der Waals surface area (Å²) in [6, 6.07) is 16.6. The van der Waals surface area contributed by atoms with Gasteiger partial charge in [-0.2, -0.15) is 0 Å². The molecule has 1 nitrogen and oxygen atoms in total. The van der Waals surface area contributed by atoms with E-state index < -0.39 is 0 Å². The van der Waals surface area contributed by atoms with Crippen molar-refractivity contribution in [2.24, 2.45) is 5.73 Å². The first-order chi connectivity index (χ1) is 9.41. The van der Waals surface area contributed by atoms with Gasteiger partial charge in [-0.05, 0) is 36.1 Å². The summed E-state index contributed by atoms with van der Waals surface area (Å²) in [5, 5.41) is 0.810. The van der Waals surface area contributed by atoms with Crippen LogP contribution < -0.4 is 5.73 Å². The Morgan fingerprint density at radius 3 is 2.35 bits per heavy atom. The summed E-state index contributed by atoms with van der Waals surface area (Å²) >= 11 is 6.31. The lowest BCUT2D eigenvalue weighted by Crippen LogP contribution is -2.42. The Morgan fingerprint density at radius 1 is 1.10 bits per heavy atom. The Bertz CT molecular complexity index is 575. The number of aryl methyl sites for hydroxylation is 1. The Morgan fingerprint density at radius 2 is 1.75 bits per heavy atom. The zero-order valence-electron chi connectivity index (χ0n) is 12.4. The van der Waals surface area contributed by atoms with Crippen LogP contribution in [0.4, 0.5) is 0 Å². The molecule has 0 aromatic heterocycles. The Labute approximate surface area is 126 Å². The van der Waals surface area contributed by atoms with Gasteiger partial charge in [0, 0.05) is 16.5 Å². The maximum absolute atomic E-state index is 6.46. The smallest absolute Gasteiger partial charge is 0.0441 e. The van der Waals surface area contributed by atoms with Crippen molar-refractivity contribution in [2.45, 2.75) is 38.6 Å². The monoisotopic (exact) mass is 287 g/mol. The van der Waals surface area contributed by atoms with E-state index in [-0.39, 0.29) is 11.5 Å². The normalized spacial score (nSPS) is 13.2. The molecule has 0 spiro atoms. The van der Waals surface area contributed by atoms with E-state index in [0.29, 0.717) is 0 Å². The predicted molar refractivity (Wildman–Crippen MR) is 87.3 cm³/mol. The quantitative estimate of drug-likeness (QED) is 0.880. The van der Waals surface area contributed by atoms with E-state index in [1.165, 1.54) is 11.1 Å². The molecule has 2 aromatic carbocycles. The second-order valence-corrected chi connectivity index (χ2v) is 6.40. The maximum Gasteiger partial charge on any atom is 0.0441 e. The maximum atomic E-state index is 6.46. The van der Waals surface area contributed by atoms with Gasteiger partial charge < -0.3 is 5.73 Å². The van der Waals surface area contributed by atoms with Crippen LogP contribution in [0.5, 0.6) is 0 Å². The number of hydrogen-bond acceptors (Lipinski definition) is 1. The van der Waals surface area contributed by atoms with E-state index in [9.17, 15) is 0 Å². The summed E-state index contributed by atoms with van der Waals surface area (Å²) in [5.41, 5.74) is 9.93. The predicted octanol–water partition coefficient (Wildman–Crippen LogP) is 4.50. The summed E-state index contributed by atoms with van der Waals surface area (Å²) in [5.74, 6) is 0. The van der Waals surface area contributed by atoms with Crippen molar-refractivity contribution in [3.8, 4) is 0 Å². The molecular weight excluding hydrogens is 266 g/mol. The van der Waals surface area contributed by atoms with Gasteiger partial charge in [0.1, 0.15) is 0 Å².